The first-order chi connectivity index (χ1) is 10.6. The fraction of sp³-hybridized carbons (Fsp3) is 0.562. The highest BCUT2D eigenvalue weighted by molar-refractivity contribution is 5.96. The Hall–Kier alpha value is -1.95. The predicted molar refractivity (Wildman–Crippen MR) is 78.0 cm³/mol. The van der Waals surface area contributed by atoms with E-state index in [1.54, 1.807) is 18.3 Å². The monoisotopic (exact) mass is 301 g/mol. The van der Waals surface area contributed by atoms with Crippen LogP contribution in [0.4, 0.5) is 0 Å². The molecule has 3 saturated heterocycles. The number of pyridine rings is 1. The molecule has 0 aromatic carbocycles. The standard InChI is InChI=1S/C16H19N3O3/c1-11-12(4-2-6-17-11)15(21)18-8-5-16-13(18)10-14(20)19(16)7-3-9-22-16/h2,4,6,13H,3,5,7-10H2,1H3/t13-,16+/m1/s1. The van der Waals surface area contributed by atoms with Crippen molar-refractivity contribution in [2.75, 3.05) is 19.7 Å². The maximum absolute atomic E-state index is 12.9. The zero-order chi connectivity index (χ0) is 15.3. The van der Waals surface area contributed by atoms with Crippen molar-refractivity contribution in [3.8, 4) is 0 Å². The van der Waals surface area contributed by atoms with Gasteiger partial charge in [0.2, 0.25) is 5.91 Å². The van der Waals surface area contributed by atoms with Gasteiger partial charge in [0.25, 0.3) is 5.91 Å². The normalized spacial score (nSPS) is 30.4. The molecule has 1 aromatic rings. The molecule has 6 heteroatoms. The van der Waals surface area contributed by atoms with Gasteiger partial charge in [0.05, 0.1) is 24.6 Å². The number of carbonyl (C=O) groups is 2. The molecule has 0 radical (unpaired) electrons. The zero-order valence-corrected chi connectivity index (χ0v) is 12.6. The summed E-state index contributed by atoms with van der Waals surface area (Å²) in [6.45, 7) is 3.86. The molecule has 1 aromatic heterocycles. The van der Waals surface area contributed by atoms with Crippen LogP contribution in [0.25, 0.3) is 0 Å². The summed E-state index contributed by atoms with van der Waals surface area (Å²) in [5, 5.41) is 0. The van der Waals surface area contributed by atoms with E-state index in [1.807, 2.05) is 16.7 Å². The van der Waals surface area contributed by atoms with Gasteiger partial charge in [-0.2, -0.15) is 0 Å². The maximum Gasteiger partial charge on any atom is 0.256 e. The Kier molecular flexibility index (Phi) is 2.97. The number of aryl methyl sites for hydroxylation is 1. The number of hydrogen-bond acceptors (Lipinski definition) is 4. The van der Waals surface area contributed by atoms with E-state index in [4.69, 9.17) is 4.74 Å². The van der Waals surface area contributed by atoms with Gasteiger partial charge in [0.15, 0.2) is 5.72 Å². The van der Waals surface area contributed by atoms with Gasteiger partial charge in [-0.05, 0) is 25.5 Å². The van der Waals surface area contributed by atoms with Crippen molar-refractivity contribution in [1.82, 2.24) is 14.8 Å². The molecule has 2 atom stereocenters. The smallest absolute Gasteiger partial charge is 0.256 e. The third-order valence-electron chi connectivity index (χ3n) is 5.11. The first-order valence-electron chi connectivity index (χ1n) is 7.80. The lowest BCUT2D eigenvalue weighted by atomic mass is 10.0. The Balaban J connectivity index is 1.67. The van der Waals surface area contributed by atoms with Crippen LogP contribution in [0.2, 0.25) is 0 Å². The summed E-state index contributed by atoms with van der Waals surface area (Å²) >= 11 is 0. The molecule has 1 spiro atoms. The molecule has 0 saturated carbocycles. The Morgan fingerprint density at radius 1 is 1.45 bits per heavy atom. The molecule has 4 rings (SSSR count). The van der Waals surface area contributed by atoms with Crippen molar-refractivity contribution in [3.05, 3.63) is 29.6 Å². The molecule has 3 fully saturated rings. The zero-order valence-electron chi connectivity index (χ0n) is 12.6. The van der Waals surface area contributed by atoms with Gasteiger partial charge in [-0.25, -0.2) is 0 Å². The highest BCUT2D eigenvalue weighted by Gasteiger charge is 2.61. The molecule has 0 aliphatic carbocycles. The van der Waals surface area contributed by atoms with Crippen molar-refractivity contribution in [3.63, 3.8) is 0 Å². The summed E-state index contributed by atoms with van der Waals surface area (Å²) in [5.41, 5.74) is 0.752. The van der Waals surface area contributed by atoms with Gasteiger partial charge < -0.3 is 14.5 Å². The number of rotatable bonds is 1. The van der Waals surface area contributed by atoms with Gasteiger partial charge in [-0.3, -0.25) is 14.6 Å². The highest BCUT2D eigenvalue weighted by Crippen LogP contribution is 2.45. The average molecular weight is 301 g/mol. The largest absolute Gasteiger partial charge is 0.353 e. The van der Waals surface area contributed by atoms with E-state index in [1.165, 1.54) is 0 Å². The maximum atomic E-state index is 12.9. The summed E-state index contributed by atoms with van der Waals surface area (Å²) in [5.74, 6) is 0.0569. The van der Waals surface area contributed by atoms with Gasteiger partial charge in [-0.15, -0.1) is 0 Å². The molecule has 3 aliphatic heterocycles. The van der Waals surface area contributed by atoms with Crippen LogP contribution in [0, 0.1) is 6.92 Å². The first-order valence-corrected chi connectivity index (χ1v) is 7.80. The van der Waals surface area contributed by atoms with E-state index >= 15 is 0 Å². The van der Waals surface area contributed by atoms with E-state index in [0.29, 0.717) is 31.6 Å². The van der Waals surface area contributed by atoms with Crippen LogP contribution in [-0.2, 0) is 9.53 Å². The number of nitrogens with zero attached hydrogens (tertiary/aromatic N) is 3. The molecule has 0 unspecified atom stereocenters. The minimum atomic E-state index is -0.582. The summed E-state index contributed by atoms with van der Waals surface area (Å²) in [4.78, 5) is 33.0. The van der Waals surface area contributed by atoms with E-state index in [2.05, 4.69) is 4.98 Å². The number of amides is 2. The van der Waals surface area contributed by atoms with Crippen molar-refractivity contribution < 1.29 is 14.3 Å². The van der Waals surface area contributed by atoms with E-state index in [0.717, 1.165) is 18.7 Å². The number of ether oxygens (including phenoxy) is 1. The van der Waals surface area contributed by atoms with Gasteiger partial charge >= 0.3 is 0 Å². The molecule has 6 nitrogen and oxygen atoms in total. The lowest BCUT2D eigenvalue weighted by Crippen LogP contribution is -2.56. The average Bonchev–Trinajstić information content (AvgIpc) is 3.00. The molecule has 2 amide bonds. The van der Waals surface area contributed by atoms with Crippen LogP contribution in [0.5, 0.6) is 0 Å². The third kappa shape index (κ3) is 1.73. The summed E-state index contributed by atoms with van der Waals surface area (Å²) in [6.07, 6.45) is 3.62. The van der Waals surface area contributed by atoms with Gasteiger partial charge in [0.1, 0.15) is 0 Å². The predicted octanol–water partition coefficient (Wildman–Crippen LogP) is 0.953. The molecule has 0 N–H and O–H groups in total. The molecule has 22 heavy (non-hydrogen) atoms. The Morgan fingerprint density at radius 3 is 3.14 bits per heavy atom. The van der Waals surface area contributed by atoms with Crippen LogP contribution >= 0.6 is 0 Å². The highest BCUT2D eigenvalue weighted by atomic mass is 16.5. The van der Waals surface area contributed by atoms with Crippen molar-refractivity contribution in [2.45, 2.75) is 38.0 Å². The van der Waals surface area contributed by atoms with Crippen molar-refractivity contribution >= 4 is 11.8 Å². The summed E-state index contributed by atoms with van der Waals surface area (Å²) < 4.78 is 6.03. The van der Waals surface area contributed by atoms with Crippen molar-refractivity contribution in [2.24, 2.45) is 0 Å². The molecule has 3 aliphatic rings. The first kappa shape index (κ1) is 13.7. The Bertz CT molecular complexity index is 647. The van der Waals surface area contributed by atoms with E-state index in [-0.39, 0.29) is 17.9 Å². The molecule has 116 valence electrons. The summed E-state index contributed by atoms with van der Waals surface area (Å²) in [6, 6.07) is 3.40. The summed E-state index contributed by atoms with van der Waals surface area (Å²) in [7, 11) is 0. The fourth-order valence-corrected chi connectivity index (χ4v) is 4.06. The number of aromatic nitrogens is 1. The van der Waals surface area contributed by atoms with E-state index in [9.17, 15) is 9.59 Å². The second kappa shape index (κ2) is 4.78. The molecular weight excluding hydrogens is 282 g/mol. The lowest BCUT2D eigenvalue weighted by molar-refractivity contribution is -0.179. The molecular formula is C16H19N3O3. The number of likely N-dealkylation sites (tertiary alicyclic amines) is 1. The van der Waals surface area contributed by atoms with Gasteiger partial charge in [0, 0.05) is 31.4 Å². The quantitative estimate of drug-likeness (QED) is 0.775. The van der Waals surface area contributed by atoms with Crippen LogP contribution in [0.3, 0.4) is 0 Å². The van der Waals surface area contributed by atoms with Gasteiger partial charge in [-0.1, -0.05) is 0 Å². The lowest BCUT2D eigenvalue weighted by Gasteiger charge is -2.42. The Labute approximate surface area is 129 Å². The number of hydrogen-bond donors (Lipinski definition) is 0. The SMILES string of the molecule is Cc1ncccc1C(=O)N1CC[C@@]23OCCCN2C(=O)C[C@@H]13. The van der Waals surface area contributed by atoms with Crippen LogP contribution in [0.1, 0.15) is 35.3 Å². The topological polar surface area (TPSA) is 62.7 Å². The van der Waals surface area contributed by atoms with Crippen LogP contribution in [-0.4, -0.2) is 58.1 Å². The van der Waals surface area contributed by atoms with Crippen molar-refractivity contribution in [1.29, 1.82) is 0 Å². The Morgan fingerprint density at radius 2 is 2.32 bits per heavy atom. The fourth-order valence-electron chi connectivity index (χ4n) is 4.06. The molecule has 0 bridgehead atoms. The second-order valence-electron chi connectivity index (χ2n) is 6.20. The minimum absolute atomic E-state index is 0.0451. The third-order valence-corrected chi connectivity index (χ3v) is 5.11. The van der Waals surface area contributed by atoms with Crippen LogP contribution < -0.4 is 0 Å². The number of carbonyl (C=O) groups excluding carboxylic acids is 2. The van der Waals surface area contributed by atoms with E-state index < -0.39 is 5.72 Å². The molecule has 4 heterocycles. The second-order valence-corrected chi connectivity index (χ2v) is 6.20. The minimum Gasteiger partial charge on any atom is -0.353 e. The van der Waals surface area contributed by atoms with Crippen LogP contribution in [0.15, 0.2) is 18.3 Å².